The average Bonchev–Trinajstić information content (AvgIpc) is 3.50. The smallest absolute Gasteiger partial charge is 0.286 e. The summed E-state index contributed by atoms with van der Waals surface area (Å²) in [5, 5.41) is 2.89. The Morgan fingerprint density at radius 1 is 0.969 bits per heavy atom. The number of rotatable bonds is 7. The highest BCUT2D eigenvalue weighted by Gasteiger charge is 2.15. The van der Waals surface area contributed by atoms with Gasteiger partial charge in [-0.2, -0.15) is 0 Å². The topological polar surface area (TPSA) is 81.5 Å². The second-order valence-corrected chi connectivity index (χ2v) is 7.61. The third-order valence-corrected chi connectivity index (χ3v) is 5.46. The molecule has 0 aliphatic carbocycles. The van der Waals surface area contributed by atoms with E-state index in [0.29, 0.717) is 23.5 Å². The van der Waals surface area contributed by atoms with Gasteiger partial charge < -0.3 is 14.1 Å². The van der Waals surface area contributed by atoms with Crippen molar-refractivity contribution in [2.75, 3.05) is 6.54 Å². The number of benzene rings is 1. The number of furan rings is 1. The van der Waals surface area contributed by atoms with Gasteiger partial charge in [0.25, 0.3) is 11.5 Å². The predicted molar refractivity (Wildman–Crippen MR) is 122 cm³/mol. The summed E-state index contributed by atoms with van der Waals surface area (Å²) in [6.45, 7) is 0.748. The molecule has 0 bridgehead atoms. The molecule has 160 valence electrons. The SMILES string of the molecule is O=C(NCCCc1ccccc1)c1ccc(Cn2c(=O)c3cccn3c3cccnc32)o1. The summed E-state index contributed by atoms with van der Waals surface area (Å²) in [6, 6.07) is 20.9. The van der Waals surface area contributed by atoms with E-state index in [1.165, 1.54) is 5.56 Å². The van der Waals surface area contributed by atoms with E-state index in [-0.39, 0.29) is 23.8 Å². The van der Waals surface area contributed by atoms with Gasteiger partial charge in [0.1, 0.15) is 11.3 Å². The lowest BCUT2D eigenvalue weighted by Gasteiger charge is -2.10. The van der Waals surface area contributed by atoms with Crippen molar-refractivity contribution in [3.8, 4) is 0 Å². The Balaban J connectivity index is 1.30. The van der Waals surface area contributed by atoms with Crippen LogP contribution in [0.3, 0.4) is 0 Å². The molecule has 0 fully saturated rings. The molecule has 0 aliphatic rings. The van der Waals surface area contributed by atoms with Crippen LogP contribution in [0.1, 0.15) is 28.3 Å². The molecular weight excluding hydrogens is 404 g/mol. The molecule has 1 aromatic carbocycles. The zero-order valence-corrected chi connectivity index (χ0v) is 17.4. The standard InChI is InChI=1S/C25H22N4O3/c30-24(27-15-4-9-18-7-2-1-3-8-18)22-13-12-19(32-22)17-29-23-20(10-5-14-26-23)28-16-6-11-21(28)25(29)31/h1-3,5-8,10-14,16H,4,9,15,17H2,(H,27,30). The summed E-state index contributed by atoms with van der Waals surface area (Å²) in [7, 11) is 0. The first kappa shape index (κ1) is 19.8. The largest absolute Gasteiger partial charge is 0.454 e. The van der Waals surface area contributed by atoms with E-state index in [9.17, 15) is 9.59 Å². The minimum absolute atomic E-state index is 0.162. The lowest BCUT2D eigenvalue weighted by atomic mass is 10.1. The molecule has 1 amide bonds. The zero-order chi connectivity index (χ0) is 21.9. The van der Waals surface area contributed by atoms with Crippen molar-refractivity contribution in [1.29, 1.82) is 0 Å². The lowest BCUT2D eigenvalue weighted by Crippen LogP contribution is -2.24. The van der Waals surface area contributed by atoms with E-state index >= 15 is 0 Å². The highest BCUT2D eigenvalue weighted by molar-refractivity contribution is 5.91. The second kappa shape index (κ2) is 8.55. The highest BCUT2D eigenvalue weighted by Crippen LogP contribution is 2.16. The fourth-order valence-corrected chi connectivity index (χ4v) is 3.90. The van der Waals surface area contributed by atoms with Gasteiger partial charge in [0.05, 0.1) is 12.1 Å². The van der Waals surface area contributed by atoms with Gasteiger partial charge in [0.2, 0.25) is 0 Å². The Labute approximate surface area is 183 Å². The van der Waals surface area contributed by atoms with Crippen molar-refractivity contribution in [3.63, 3.8) is 0 Å². The Morgan fingerprint density at radius 2 is 1.81 bits per heavy atom. The van der Waals surface area contributed by atoms with Crippen LogP contribution in [0.2, 0.25) is 0 Å². The summed E-state index contributed by atoms with van der Waals surface area (Å²) in [4.78, 5) is 29.9. The van der Waals surface area contributed by atoms with Crippen molar-refractivity contribution < 1.29 is 9.21 Å². The summed E-state index contributed by atoms with van der Waals surface area (Å²) in [5.41, 5.74) is 3.03. The number of pyridine rings is 1. The van der Waals surface area contributed by atoms with E-state index in [0.717, 1.165) is 18.4 Å². The molecule has 0 saturated carbocycles. The molecule has 0 radical (unpaired) electrons. The van der Waals surface area contributed by atoms with Crippen molar-refractivity contribution in [2.24, 2.45) is 0 Å². The van der Waals surface area contributed by atoms with Crippen molar-refractivity contribution in [1.82, 2.24) is 19.3 Å². The first-order valence-corrected chi connectivity index (χ1v) is 10.6. The summed E-state index contributed by atoms with van der Waals surface area (Å²) < 4.78 is 9.16. The fraction of sp³-hybridized carbons (Fsp3) is 0.160. The van der Waals surface area contributed by atoms with Crippen molar-refractivity contribution in [2.45, 2.75) is 19.4 Å². The normalized spacial score (nSPS) is 11.2. The van der Waals surface area contributed by atoms with Crippen LogP contribution in [-0.4, -0.2) is 26.4 Å². The Bertz CT molecular complexity index is 1450. The quantitative estimate of drug-likeness (QED) is 0.403. The Morgan fingerprint density at radius 3 is 2.69 bits per heavy atom. The molecule has 4 heterocycles. The molecule has 0 unspecified atom stereocenters. The number of carbonyl (C=O) groups is 1. The number of hydrogen-bond donors (Lipinski definition) is 1. The van der Waals surface area contributed by atoms with Gasteiger partial charge in [-0.1, -0.05) is 30.3 Å². The first-order valence-electron chi connectivity index (χ1n) is 10.6. The molecule has 0 spiro atoms. The van der Waals surface area contributed by atoms with Gasteiger partial charge in [-0.3, -0.25) is 14.2 Å². The van der Waals surface area contributed by atoms with E-state index in [1.807, 2.05) is 47.0 Å². The molecule has 0 saturated heterocycles. The summed E-state index contributed by atoms with van der Waals surface area (Å²) >= 11 is 0. The molecular formula is C25H22N4O3. The number of amides is 1. The maximum atomic E-state index is 13.0. The van der Waals surface area contributed by atoms with Gasteiger partial charge in [-0.05, 0) is 54.8 Å². The Kier molecular flexibility index (Phi) is 5.29. The van der Waals surface area contributed by atoms with Gasteiger partial charge in [-0.15, -0.1) is 0 Å². The Hall–Kier alpha value is -4.13. The van der Waals surface area contributed by atoms with Crippen LogP contribution >= 0.6 is 0 Å². The third kappa shape index (κ3) is 3.80. The van der Waals surface area contributed by atoms with Crippen molar-refractivity contribution >= 4 is 22.6 Å². The number of aromatic nitrogens is 3. The molecule has 5 rings (SSSR count). The predicted octanol–water partition coefficient (Wildman–Crippen LogP) is 3.65. The van der Waals surface area contributed by atoms with Crippen LogP contribution < -0.4 is 10.9 Å². The summed E-state index contributed by atoms with van der Waals surface area (Å²) in [6.07, 6.45) is 5.24. The average molecular weight is 426 g/mol. The molecule has 7 heteroatoms. The van der Waals surface area contributed by atoms with E-state index < -0.39 is 0 Å². The summed E-state index contributed by atoms with van der Waals surface area (Å²) in [5.74, 6) is 0.486. The molecule has 4 aromatic heterocycles. The lowest BCUT2D eigenvalue weighted by molar-refractivity contribution is 0.0923. The molecule has 1 N–H and O–H groups in total. The van der Waals surface area contributed by atoms with Gasteiger partial charge in [-0.25, -0.2) is 4.98 Å². The minimum Gasteiger partial charge on any atom is -0.454 e. The van der Waals surface area contributed by atoms with Gasteiger partial charge >= 0.3 is 0 Å². The third-order valence-electron chi connectivity index (χ3n) is 5.46. The van der Waals surface area contributed by atoms with Crippen LogP contribution in [0.15, 0.2) is 88.3 Å². The highest BCUT2D eigenvalue weighted by atomic mass is 16.4. The van der Waals surface area contributed by atoms with Crippen LogP contribution in [0.25, 0.3) is 16.7 Å². The number of aryl methyl sites for hydroxylation is 1. The number of nitrogens with zero attached hydrogens (tertiary/aromatic N) is 3. The van der Waals surface area contributed by atoms with Crippen molar-refractivity contribution in [3.05, 3.63) is 107 Å². The second-order valence-electron chi connectivity index (χ2n) is 7.61. The van der Waals surface area contributed by atoms with Gasteiger partial charge in [0, 0.05) is 18.9 Å². The number of carbonyl (C=O) groups excluding carboxylic acids is 1. The number of hydrogen-bond acceptors (Lipinski definition) is 4. The molecule has 0 atom stereocenters. The van der Waals surface area contributed by atoms with Crippen LogP contribution in [0.4, 0.5) is 0 Å². The molecule has 0 aliphatic heterocycles. The van der Waals surface area contributed by atoms with Crippen LogP contribution in [0, 0.1) is 0 Å². The van der Waals surface area contributed by atoms with Crippen LogP contribution in [0.5, 0.6) is 0 Å². The fourth-order valence-electron chi connectivity index (χ4n) is 3.90. The van der Waals surface area contributed by atoms with Gasteiger partial charge in [0.15, 0.2) is 11.4 Å². The number of nitrogens with one attached hydrogen (secondary N) is 1. The maximum Gasteiger partial charge on any atom is 0.286 e. The molecule has 5 aromatic rings. The first-order chi connectivity index (χ1) is 15.7. The molecule has 7 nitrogen and oxygen atoms in total. The maximum absolute atomic E-state index is 13.0. The van der Waals surface area contributed by atoms with Crippen LogP contribution in [-0.2, 0) is 13.0 Å². The minimum atomic E-state index is -0.262. The van der Waals surface area contributed by atoms with E-state index in [2.05, 4.69) is 22.4 Å². The van der Waals surface area contributed by atoms with E-state index in [1.54, 1.807) is 29.0 Å². The van der Waals surface area contributed by atoms with E-state index in [4.69, 9.17) is 4.42 Å². The zero-order valence-electron chi connectivity index (χ0n) is 17.4. The molecule has 32 heavy (non-hydrogen) atoms. The number of fused-ring (bicyclic) bond motifs is 3. The monoisotopic (exact) mass is 426 g/mol.